The van der Waals surface area contributed by atoms with Gasteiger partial charge in [0.1, 0.15) is 29.2 Å². The summed E-state index contributed by atoms with van der Waals surface area (Å²) in [4.78, 5) is 16.4. The second kappa shape index (κ2) is 9.30. The molecule has 0 aliphatic carbocycles. The fourth-order valence-corrected chi connectivity index (χ4v) is 4.34. The molecule has 4 aromatic rings. The third-order valence-corrected chi connectivity index (χ3v) is 6.31. The second-order valence-corrected chi connectivity index (χ2v) is 8.97. The molecule has 3 aromatic heterocycles. The molecular formula is C25H24F2N6O3. The Balaban J connectivity index is 1.27. The van der Waals surface area contributed by atoms with Gasteiger partial charge in [0, 0.05) is 56.9 Å². The number of fused-ring (bicyclic) bond motifs is 1. The molecule has 9 nitrogen and oxygen atoms in total. The number of halogens is 2. The predicted octanol–water partition coefficient (Wildman–Crippen LogP) is 3.53. The first-order valence-electron chi connectivity index (χ1n) is 11.8. The van der Waals surface area contributed by atoms with Gasteiger partial charge in [0.05, 0.1) is 31.1 Å². The molecule has 36 heavy (non-hydrogen) atoms. The van der Waals surface area contributed by atoms with Crippen molar-refractivity contribution in [3.8, 4) is 22.9 Å². The van der Waals surface area contributed by atoms with Crippen molar-refractivity contribution in [3.63, 3.8) is 0 Å². The van der Waals surface area contributed by atoms with Gasteiger partial charge < -0.3 is 19.1 Å². The standard InChI is InChI=1S/C25H24F2N6O3/c1-32-12-15(10-29-32)24-25(31-20-9-23(28-11-21(20)30-24)36-18-13-34-14-18)33-6-4-17(5-7-33)35-22-3-2-16(26)8-19(22)27/h2-3,8-12,17-18H,4-7,13-14H2,1H3. The van der Waals surface area contributed by atoms with Crippen LogP contribution in [0.2, 0.25) is 0 Å². The van der Waals surface area contributed by atoms with Crippen LogP contribution in [0.1, 0.15) is 12.8 Å². The van der Waals surface area contributed by atoms with E-state index in [0.717, 1.165) is 17.4 Å². The molecule has 0 saturated carbocycles. The molecule has 0 spiro atoms. The van der Waals surface area contributed by atoms with E-state index in [1.807, 2.05) is 13.2 Å². The van der Waals surface area contributed by atoms with Gasteiger partial charge in [0.15, 0.2) is 17.4 Å². The van der Waals surface area contributed by atoms with Crippen LogP contribution < -0.4 is 14.4 Å². The summed E-state index contributed by atoms with van der Waals surface area (Å²) in [5.74, 6) is -0.0491. The lowest BCUT2D eigenvalue weighted by Gasteiger charge is -2.33. The maximum Gasteiger partial charge on any atom is 0.215 e. The fraction of sp³-hybridized carbons (Fsp3) is 0.360. The third-order valence-electron chi connectivity index (χ3n) is 6.31. The van der Waals surface area contributed by atoms with E-state index < -0.39 is 11.6 Å². The number of aryl methyl sites for hydroxylation is 1. The monoisotopic (exact) mass is 494 g/mol. The number of anilines is 1. The van der Waals surface area contributed by atoms with Crippen molar-refractivity contribution < 1.29 is 23.0 Å². The van der Waals surface area contributed by atoms with E-state index in [1.54, 1.807) is 23.1 Å². The maximum absolute atomic E-state index is 14.1. The van der Waals surface area contributed by atoms with E-state index in [9.17, 15) is 8.78 Å². The summed E-state index contributed by atoms with van der Waals surface area (Å²) in [5, 5.41) is 4.30. The molecule has 2 saturated heterocycles. The van der Waals surface area contributed by atoms with Crippen LogP contribution in [-0.4, -0.2) is 63.2 Å². The smallest absolute Gasteiger partial charge is 0.215 e. The minimum absolute atomic E-state index is 0.00187. The fourth-order valence-electron chi connectivity index (χ4n) is 4.34. The molecule has 0 radical (unpaired) electrons. The van der Waals surface area contributed by atoms with Gasteiger partial charge in [-0.05, 0) is 12.1 Å². The SMILES string of the molecule is Cn1cc(-c2nc3cnc(OC4COC4)cc3nc2N2CCC(Oc3ccc(F)cc3F)CC2)cn1. The molecule has 6 rings (SSSR count). The Morgan fingerprint density at radius 1 is 0.972 bits per heavy atom. The number of ether oxygens (including phenoxy) is 3. The molecule has 0 amide bonds. The first kappa shape index (κ1) is 22.6. The molecule has 0 atom stereocenters. The minimum Gasteiger partial charge on any atom is -0.487 e. The number of nitrogens with zero attached hydrogens (tertiary/aromatic N) is 6. The molecule has 11 heteroatoms. The third kappa shape index (κ3) is 4.53. The Morgan fingerprint density at radius 2 is 1.81 bits per heavy atom. The number of piperidine rings is 1. The lowest BCUT2D eigenvalue weighted by molar-refractivity contribution is -0.0812. The van der Waals surface area contributed by atoms with Crippen molar-refractivity contribution >= 4 is 16.9 Å². The van der Waals surface area contributed by atoms with Gasteiger partial charge in [-0.2, -0.15) is 5.10 Å². The van der Waals surface area contributed by atoms with Crippen LogP contribution in [0.4, 0.5) is 14.6 Å². The van der Waals surface area contributed by atoms with E-state index >= 15 is 0 Å². The highest BCUT2D eigenvalue weighted by Crippen LogP contribution is 2.33. The number of hydrogen-bond acceptors (Lipinski definition) is 8. The molecule has 0 bridgehead atoms. The van der Waals surface area contributed by atoms with Gasteiger partial charge in [0.2, 0.25) is 5.88 Å². The van der Waals surface area contributed by atoms with Crippen LogP contribution in [-0.2, 0) is 11.8 Å². The van der Waals surface area contributed by atoms with Crippen LogP contribution in [0.5, 0.6) is 11.6 Å². The van der Waals surface area contributed by atoms with Crippen LogP contribution >= 0.6 is 0 Å². The lowest BCUT2D eigenvalue weighted by atomic mass is 10.1. The van der Waals surface area contributed by atoms with Gasteiger partial charge in [-0.1, -0.05) is 0 Å². The van der Waals surface area contributed by atoms with Crippen LogP contribution in [0.25, 0.3) is 22.3 Å². The molecule has 2 fully saturated rings. The predicted molar refractivity (Wildman–Crippen MR) is 127 cm³/mol. The zero-order valence-corrected chi connectivity index (χ0v) is 19.6. The van der Waals surface area contributed by atoms with Gasteiger partial charge in [-0.25, -0.2) is 23.7 Å². The zero-order chi connectivity index (χ0) is 24.6. The molecular weight excluding hydrogens is 470 g/mol. The summed E-state index contributed by atoms with van der Waals surface area (Å²) in [6.07, 6.45) is 6.43. The molecule has 2 aliphatic heterocycles. The molecule has 5 heterocycles. The van der Waals surface area contributed by atoms with Crippen molar-refractivity contribution in [1.29, 1.82) is 0 Å². The normalized spacial score (nSPS) is 16.8. The van der Waals surface area contributed by atoms with Crippen molar-refractivity contribution in [1.82, 2.24) is 24.7 Å². The molecule has 1 aromatic carbocycles. The number of pyridine rings is 1. The Kier molecular flexibility index (Phi) is 5.84. The summed E-state index contributed by atoms with van der Waals surface area (Å²) in [6, 6.07) is 5.16. The van der Waals surface area contributed by atoms with Gasteiger partial charge in [0.25, 0.3) is 0 Å². The number of hydrogen-bond donors (Lipinski definition) is 0. The Morgan fingerprint density at radius 3 is 2.50 bits per heavy atom. The highest BCUT2D eigenvalue weighted by atomic mass is 19.1. The van der Waals surface area contributed by atoms with E-state index in [-0.39, 0.29) is 18.0 Å². The molecule has 0 unspecified atom stereocenters. The Hall–Kier alpha value is -3.86. The van der Waals surface area contributed by atoms with E-state index in [0.29, 0.717) is 61.8 Å². The maximum atomic E-state index is 14.1. The summed E-state index contributed by atoms with van der Waals surface area (Å²) in [6.45, 7) is 2.37. The highest BCUT2D eigenvalue weighted by Gasteiger charge is 2.26. The Labute approximate surface area is 205 Å². The van der Waals surface area contributed by atoms with Crippen molar-refractivity contribution in [2.24, 2.45) is 7.05 Å². The molecule has 0 N–H and O–H groups in total. The number of rotatable bonds is 6. The van der Waals surface area contributed by atoms with Gasteiger partial charge in [-0.3, -0.25) is 4.68 Å². The highest BCUT2D eigenvalue weighted by molar-refractivity contribution is 5.83. The molecule has 186 valence electrons. The van der Waals surface area contributed by atoms with Crippen molar-refractivity contribution in [3.05, 3.63) is 54.5 Å². The minimum atomic E-state index is -0.697. The average molecular weight is 495 g/mol. The summed E-state index contributed by atoms with van der Waals surface area (Å²) in [5.41, 5.74) is 2.89. The largest absolute Gasteiger partial charge is 0.487 e. The molecule has 2 aliphatic rings. The first-order valence-corrected chi connectivity index (χ1v) is 11.8. The zero-order valence-electron chi connectivity index (χ0n) is 19.6. The van der Waals surface area contributed by atoms with E-state index in [2.05, 4.69) is 15.0 Å². The second-order valence-electron chi connectivity index (χ2n) is 8.97. The quantitative estimate of drug-likeness (QED) is 0.402. The summed E-state index contributed by atoms with van der Waals surface area (Å²) < 4.78 is 45.9. The average Bonchev–Trinajstić information content (AvgIpc) is 3.29. The van der Waals surface area contributed by atoms with E-state index in [4.69, 9.17) is 24.2 Å². The van der Waals surface area contributed by atoms with Gasteiger partial charge in [-0.15, -0.1) is 0 Å². The number of aromatic nitrogens is 5. The lowest BCUT2D eigenvalue weighted by Crippen LogP contribution is -2.39. The summed E-state index contributed by atoms with van der Waals surface area (Å²) >= 11 is 0. The Bertz CT molecular complexity index is 1400. The van der Waals surface area contributed by atoms with Crippen molar-refractivity contribution in [2.75, 3.05) is 31.2 Å². The van der Waals surface area contributed by atoms with Crippen LogP contribution in [0.15, 0.2) is 42.9 Å². The van der Waals surface area contributed by atoms with Crippen LogP contribution in [0, 0.1) is 11.6 Å². The van der Waals surface area contributed by atoms with Crippen molar-refractivity contribution in [2.45, 2.75) is 25.0 Å². The number of benzene rings is 1. The summed E-state index contributed by atoms with van der Waals surface area (Å²) in [7, 11) is 1.85. The first-order chi connectivity index (χ1) is 17.5. The van der Waals surface area contributed by atoms with Crippen LogP contribution in [0.3, 0.4) is 0 Å². The van der Waals surface area contributed by atoms with Gasteiger partial charge >= 0.3 is 0 Å². The topological polar surface area (TPSA) is 87.4 Å². The van der Waals surface area contributed by atoms with E-state index in [1.165, 1.54) is 12.1 Å².